The van der Waals surface area contributed by atoms with Gasteiger partial charge in [0.2, 0.25) is 5.91 Å². The molecule has 1 saturated heterocycles. The quantitative estimate of drug-likeness (QED) is 0.465. The lowest BCUT2D eigenvalue weighted by Crippen LogP contribution is -2.37. The third-order valence-corrected chi connectivity index (χ3v) is 6.92. The third kappa shape index (κ3) is 5.78. The number of ether oxygens (including phenoxy) is 1. The van der Waals surface area contributed by atoms with Crippen LogP contribution < -0.4 is 0 Å². The fourth-order valence-electron chi connectivity index (χ4n) is 3.46. The Labute approximate surface area is 164 Å². The summed E-state index contributed by atoms with van der Waals surface area (Å²) in [6.45, 7) is 8.24. The highest BCUT2D eigenvalue weighted by Crippen LogP contribution is 2.24. The van der Waals surface area contributed by atoms with Crippen LogP contribution >= 0.6 is 0 Å². The minimum absolute atomic E-state index is 0.230. The van der Waals surface area contributed by atoms with E-state index in [1.807, 2.05) is 11.0 Å². The molecule has 1 atom stereocenters. The van der Waals surface area contributed by atoms with Crippen molar-refractivity contribution < 1.29 is 9.53 Å². The van der Waals surface area contributed by atoms with Gasteiger partial charge in [-0.3, -0.25) is 4.79 Å². The Balaban J connectivity index is 1.56. The number of benzene rings is 2. The maximum atomic E-state index is 12.3. The van der Waals surface area contributed by atoms with E-state index in [0.717, 1.165) is 25.5 Å². The Bertz CT molecular complexity index is 737. The third-order valence-electron chi connectivity index (χ3n) is 5.21. The summed E-state index contributed by atoms with van der Waals surface area (Å²) in [6, 6.07) is 20.6. The van der Waals surface area contributed by atoms with Gasteiger partial charge in [-0.25, -0.2) is 0 Å². The minimum atomic E-state index is -1.09. The van der Waals surface area contributed by atoms with Gasteiger partial charge in [0, 0.05) is 27.1 Å². The van der Waals surface area contributed by atoms with Crippen molar-refractivity contribution in [2.24, 2.45) is 0 Å². The Morgan fingerprint density at radius 2 is 1.67 bits per heavy atom. The molecule has 0 aromatic heterocycles. The number of hydrogen-bond donors (Lipinski definition) is 0. The van der Waals surface area contributed by atoms with Crippen LogP contribution in [0.1, 0.15) is 18.4 Å². The van der Waals surface area contributed by atoms with Crippen LogP contribution in [0.25, 0.3) is 11.1 Å². The highest BCUT2D eigenvalue weighted by molar-refractivity contribution is 6.76. The summed E-state index contributed by atoms with van der Waals surface area (Å²) in [6.07, 6.45) is 2.47. The zero-order valence-electron chi connectivity index (χ0n) is 16.8. The molecule has 0 radical (unpaired) electrons. The second-order valence-electron chi connectivity index (χ2n) is 8.67. The van der Waals surface area contributed by atoms with Gasteiger partial charge in [0.05, 0.1) is 0 Å². The van der Waals surface area contributed by atoms with Gasteiger partial charge < -0.3 is 9.64 Å². The SMILES string of the molecule is C[Si](C)(C)CCOCN1C(=O)CCC1Cc1ccc(-c2ccccc2)cc1. The Morgan fingerprint density at radius 1 is 1.00 bits per heavy atom. The monoisotopic (exact) mass is 381 g/mol. The van der Waals surface area contributed by atoms with Crippen LogP contribution in [-0.4, -0.2) is 38.3 Å². The van der Waals surface area contributed by atoms with Crippen LogP contribution in [0.4, 0.5) is 0 Å². The van der Waals surface area contributed by atoms with E-state index in [4.69, 9.17) is 4.74 Å². The first-order valence-corrected chi connectivity index (χ1v) is 13.6. The largest absolute Gasteiger partial charge is 0.361 e. The maximum absolute atomic E-state index is 12.3. The first-order chi connectivity index (χ1) is 12.9. The standard InChI is InChI=1S/C23H31NO2Si/c1-27(2,3)16-15-26-18-24-22(13-14-23(24)25)17-19-9-11-21(12-10-19)20-7-5-4-6-8-20/h4-12,22H,13-18H2,1-3H3. The molecule has 0 saturated carbocycles. The maximum Gasteiger partial charge on any atom is 0.224 e. The normalized spacial score (nSPS) is 17.5. The van der Waals surface area contributed by atoms with Gasteiger partial charge in [0.25, 0.3) is 0 Å². The molecule has 2 aromatic rings. The van der Waals surface area contributed by atoms with Gasteiger partial charge >= 0.3 is 0 Å². The molecule has 0 bridgehead atoms. The van der Waals surface area contributed by atoms with Crippen LogP contribution in [-0.2, 0) is 16.0 Å². The summed E-state index contributed by atoms with van der Waals surface area (Å²) in [4.78, 5) is 14.2. The van der Waals surface area contributed by atoms with Gasteiger partial charge in [0.15, 0.2) is 0 Å². The second kappa shape index (κ2) is 8.85. The van der Waals surface area contributed by atoms with Crippen molar-refractivity contribution in [3.8, 4) is 11.1 Å². The van der Waals surface area contributed by atoms with Crippen LogP contribution in [0.2, 0.25) is 25.7 Å². The molecular weight excluding hydrogens is 350 g/mol. The molecule has 1 aliphatic rings. The van der Waals surface area contributed by atoms with Crippen LogP contribution in [0.15, 0.2) is 54.6 Å². The van der Waals surface area contributed by atoms with E-state index in [0.29, 0.717) is 13.2 Å². The van der Waals surface area contributed by atoms with Crippen molar-refractivity contribution in [3.63, 3.8) is 0 Å². The molecular formula is C23H31NO2Si. The lowest BCUT2D eigenvalue weighted by atomic mass is 10.00. The topological polar surface area (TPSA) is 29.5 Å². The molecule has 1 amide bonds. The predicted octanol–water partition coefficient (Wildman–Crippen LogP) is 5.20. The molecule has 144 valence electrons. The summed E-state index contributed by atoms with van der Waals surface area (Å²) in [5, 5.41) is 0. The first-order valence-electron chi connectivity index (χ1n) is 9.94. The molecule has 0 spiro atoms. The predicted molar refractivity (Wildman–Crippen MR) is 114 cm³/mol. The summed E-state index contributed by atoms with van der Waals surface area (Å²) in [5.74, 6) is 0.230. The van der Waals surface area contributed by atoms with Gasteiger partial charge in [0.1, 0.15) is 6.73 Å². The lowest BCUT2D eigenvalue weighted by molar-refractivity contribution is -0.134. The molecule has 3 rings (SSSR count). The number of hydrogen-bond acceptors (Lipinski definition) is 2. The minimum Gasteiger partial charge on any atom is -0.361 e. The van der Waals surface area contributed by atoms with E-state index in [1.165, 1.54) is 16.7 Å². The van der Waals surface area contributed by atoms with Crippen molar-refractivity contribution in [2.45, 2.75) is 51.0 Å². The zero-order valence-corrected chi connectivity index (χ0v) is 17.8. The summed E-state index contributed by atoms with van der Waals surface area (Å²) >= 11 is 0. The average Bonchev–Trinajstić information content (AvgIpc) is 2.99. The molecule has 27 heavy (non-hydrogen) atoms. The van der Waals surface area contributed by atoms with E-state index < -0.39 is 8.07 Å². The molecule has 3 nitrogen and oxygen atoms in total. The van der Waals surface area contributed by atoms with Crippen LogP contribution in [0, 0.1) is 0 Å². The molecule has 1 heterocycles. The number of likely N-dealkylation sites (tertiary alicyclic amines) is 1. The highest BCUT2D eigenvalue weighted by atomic mass is 28.3. The van der Waals surface area contributed by atoms with E-state index in [2.05, 4.69) is 68.2 Å². The van der Waals surface area contributed by atoms with E-state index in [9.17, 15) is 4.79 Å². The van der Waals surface area contributed by atoms with Crippen molar-refractivity contribution in [3.05, 3.63) is 60.2 Å². The van der Waals surface area contributed by atoms with E-state index in [1.54, 1.807) is 0 Å². The smallest absolute Gasteiger partial charge is 0.224 e. The van der Waals surface area contributed by atoms with Crippen molar-refractivity contribution in [2.75, 3.05) is 13.3 Å². The lowest BCUT2D eigenvalue weighted by Gasteiger charge is -2.25. The van der Waals surface area contributed by atoms with Gasteiger partial charge in [-0.2, -0.15) is 0 Å². The molecule has 1 fully saturated rings. The number of nitrogens with zero attached hydrogens (tertiary/aromatic N) is 1. The van der Waals surface area contributed by atoms with Gasteiger partial charge in [-0.05, 0) is 35.6 Å². The average molecular weight is 382 g/mol. The number of amides is 1. The summed E-state index contributed by atoms with van der Waals surface area (Å²) in [5.41, 5.74) is 3.74. The van der Waals surface area contributed by atoms with Gasteiger partial charge in [-0.15, -0.1) is 0 Å². The van der Waals surface area contributed by atoms with Crippen molar-refractivity contribution in [1.29, 1.82) is 0 Å². The number of rotatable bonds is 8. The Kier molecular flexibility index (Phi) is 6.50. The summed E-state index contributed by atoms with van der Waals surface area (Å²) < 4.78 is 5.85. The van der Waals surface area contributed by atoms with Crippen LogP contribution in [0.3, 0.4) is 0 Å². The van der Waals surface area contributed by atoms with Crippen molar-refractivity contribution >= 4 is 14.0 Å². The Hall–Kier alpha value is -1.91. The fraction of sp³-hybridized carbons (Fsp3) is 0.435. The molecule has 1 aliphatic heterocycles. The Morgan fingerprint density at radius 3 is 2.33 bits per heavy atom. The van der Waals surface area contributed by atoms with E-state index in [-0.39, 0.29) is 11.9 Å². The molecule has 0 aliphatic carbocycles. The highest BCUT2D eigenvalue weighted by Gasteiger charge is 2.31. The molecule has 2 aromatic carbocycles. The van der Waals surface area contributed by atoms with Crippen molar-refractivity contribution in [1.82, 2.24) is 4.90 Å². The first kappa shape index (κ1) is 19.8. The number of carbonyl (C=O) groups is 1. The molecule has 1 unspecified atom stereocenters. The fourth-order valence-corrected chi connectivity index (χ4v) is 4.22. The van der Waals surface area contributed by atoms with Gasteiger partial charge in [-0.1, -0.05) is 74.2 Å². The van der Waals surface area contributed by atoms with Crippen LogP contribution in [0.5, 0.6) is 0 Å². The summed E-state index contributed by atoms with van der Waals surface area (Å²) in [7, 11) is -1.09. The molecule has 0 N–H and O–H groups in total. The number of carbonyl (C=O) groups excluding carboxylic acids is 1. The molecule has 4 heteroatoms. The van der Waals surface area contributed by atoms with E-state index >= 15 is 0 Å². The second-order valence-corrected chi connectivity index (χ2v) is 14.3. The zero-order chi connectivity index (χ0) is 19.3.